The molecule has 1 aliphatic heterocycles. The van der Waals surface area contributed by atoms with Crippen molar-refractivity contribution in [2.45, 2.75) is 25.1 Å². The highest BCUT2D eigenvalue weighted by Gasteiger charge is 2.27. The lowest BCUT2D eigenvalue weighted by Crippen LogP contribution is -2.42. The van der Waals surface area contributed by atoms with Gasteiger partial charge in [0, 0.05) is 23.6 Å². The number of nitrogens with zero attached hydrogens (tertiary/aromatic N) is 1. The monoisotopic (exact) mass is 269 g/mol. The molecule has 1 saturated heterocycles. The Hall–Kier alpha value is -0.980. The number of amides is 1. The van der Waals surface area contributed by atoms with E-state index in [0.717, 1.165) is 31.1 Å². The predicted octanol–water partition coefficient (Wildman–Crippen LogP) is 1.21. The van der Waals surface area contributed by atoms with Crippen molar-refractivity contribution in [2.75, 3.05) is 18.8 Å². The highest BCUT2D eigenvalue weighted by atomic mass is 32.2. The quantitative estimate of drug-likeness (QED) is 0.490. The van der Waals surface area contributed by atoms with Gasteiger partial charge < -0.3 is 4.42 Å². The van der Waals surface area contributed by atoms with Crippen molar-refractivity contribution in [3.8, 4) is 0 Å². The molecule has 0 atom stereocenters. The normalized spacial score (nSPS) is 19.7. The van der Waals surface area contributed by atoms with Gasteiger partial charge in [-0.3, -0.25) is 15.1 Å². The van der Waals surface area contributed by atoms with E-state index in [1.165, 1.54) is 6.26 Å². The van der Waals surface area contributed by atoms with Crippen molar-refractivity contribution in [3.05, 3.63) is 23.7 Å². The number of hydrogen-bond donors (Lipinski definition) is 2. The Kier molecular flexibility index (Phi) is 3.99. The minimum atomic E-state index is -0.320. The van der Waals surface area contributed by atoms with E-state index in [1.807, 2.05) is 11.8 Å². The fourth-order valence-electron chi connectivity index (χ4n) is 2.14. The molecule has 2 rings (SSSR count). The minimum absolute atomic E-state index is 0.280. The van der Waals surface area contributed by atoms with Crippen molar-refractivity contribution in [2.24, 2.45) is 5.84 Å². The van der Waals surface area contributed by atoms with Crippen LogP contribution in [0.3, 0.4) is 0 Å². The minimum Gasteiger partial charge on any atom is -0.467 e. The van der Waals surface area contributed by atoms with Crippen LogP contribution in [0, 0.1) is 0 Å². The topological polar surface area (TPSA) is 71.5 Å². The third-order valence-electron chi connectivity index (χ3n) is 2.93. The molecular weight excluding hydrogens is 250 g/mol. The maximum atomic E-state index is 11.3. The van der Waals surface area contributed by atoms with Gasteiger partial charge in [0.1, 0.15) is 12.0 Å². The van der Waals surface area contributed by atoms with Gasteiger partial charge in [0.25, 0.3) is 5.91 Å². The second kappa shape index (κ2) is 5.34. The lowest BCUT2D eigenvalue weighted by molar-refractivity contribution is 0.0953. The van der Waals surface area contributed by atoms with Gasteiger partial charge in [-0.25, -0.2) is 5.84 Å². The summed E-state index contributed by atoms with van der Waals surface area (Å²) < 4.78 is 5.67. The smallest absolute Gasteiger partial charge is 0.268 e. The number of thioether (sulfide) groups is 1. The largest absolute Gasteiger partial charge is 0.467 e. The molecule has 0 unspecified atom stereocenters. The molecule has 100 valence electrons. The molecule has 6 heteroatoms. The highest BCUT2D eigenvalue weighted by molar-refractivity contribution is 8.00. The van der Waals surface area contributed by atoms with Crippen LogP contribution in [0.4, 0.5) is 0 Å². The van der Waals surface area contributed by atoms with Crippen molar-refractivity contribution in [1.29, 1.82) is 0 Å². The number of carbonyl (C=O) groups is 1. The fraction of sp³-hybridized carbons (Fsp3) is 0.583. The lowest BCUT2D eigenvalue weighted by Gasteiger charge is -2.37. The molecule has 0 saturated carbocycles. The number of furan rings is 1. The van der Waals surface area contributed by atoms with Crippen molar-refractivity contribution < 1.29 is 9.21 Å². The summed E-state index contributed by atoms with van der Waals surface area (Å²) in [6.45, 7) is 7.31. The number of nitrogens with two attached hydrogens (primary N) is 1. The molecule has 1 aromatic heterocycles. The highest BCUT2D eigenvalue weighted by Crippen LogP contribution is 2.30. The molecule has 1 aromatic rings. The molecule has 18 heavy (non-hydrogen) atoms. The van der Waals surface area contributed by atoms with Gasteiger partial charge in [-0.15, -0.1) is 0 Å². The van der Waals surface area contributed by atoms with Crippen LogP contribution in [-0.2, 0) is 6.54 Å². The Morgan fingerprint density at radius 3 is 3.11 bits per heavy atom. The zero-order chi connectivity index (χ0) is 13.2. The van der Waals surface area contributed by atoms with Crippen LogP contribution < -0.4 is 11.3 Å². The summed E-state index contributed by atoms with van der Waals surface area (Å²) >= 11 is 2.00. The molecule has 0 bridgehead atoms. The fourth-order valence-corrected chi connectivity index (χ4v) is 3.31. The summed E-state index contributed by atoms with van der Waals surface area (Å²) in [6.07, 6.45) is 1.45. The van der Waals surface area contributed by atoms with E-state index in [0.29, 0.717) is 5.56 Å². The summed E-state index contributed by atoms with van der Waals surface area (Å²) in [6, 6.07) is 1.75. The third kappa shape index (κ3) is 3.28. The molecule has 1 fully saturated rings. The second-order valence-electron chi connectivity index (χ2n) is 5.09. The first-order valence-corrected chi connectivity index (χ1v) is 6.93. The molecule has 0 aliphatic carbocycles. The van der Waals surface area contributed by atoms with Crippen LogP contribution in [0.2, 0.25) is 0 Å². The average molecular weight is 269 g/mol. The van der Waals surface area contributed by atoms with Gasteiger partial charge >= 0.3 is 0 Å². The van der Waals surface area contributed by atoms with E-state index in [9.17, 15) is 4.79 Å². The molecule has 2 heterocycles. The summed E-state index contributed by atoms with van der Waals surface area (Å²) in [4.78, 5) is 13.7. The molecule has 1 aliphatic rings. The summed E-state index contributed by atoms with van der Waals surface area (Å²) in [5.41, 5.74) is 2.57. The van der Waals surface area contributed by atoms with Crippen molar-refractivity contribution in [1.82, 2.24) is 10.3 Å². The predicted molar refractivity (Wildman–Crippen MR) is 72.2 cm³/mol. The van der Waals surface area contributed by atoms with Crippen LogP contribution in [0.1, 0.15) is 30.0 Å². The molecule has 5 nitrogen and oxygen atoms in total. The zero-order valence-corrected chi connectivity index (χ0v) is 11.5. The molecule has 3 N–H and O–H groups in total. The Morgan fingerprint density at radius 2 is 2.44 bits per heavy atom. The second-order valence-corrected chi connectivity index (χ2v) is 6.90. The molecular formula is C12H19N3O2S. The maximum Gasteiger partial charge on any atom is 0.268 e. The SMILES string of the molecule is CC1(C)CN(Cc2cc(C(=O)NN)co2)CCS1. The van der Waals surface area contributed by atoms with Crippen molar-refractivity contribution in [3.63, 3.8) is 0 Å². The average Bonchev–Trinajstić information content (AvgIpc) is 2.75. The molecule has 0 spiro atoms. The number of nitrogen functional groups attached to an aromatic ring is 1. The molecule has 1 amide bonds. The summed E-state index contributed by atoms with van der Waals surface area (Å²) in [7, 11) is 0. The Labute approximate surface area is 111 Å². The number of hydrogen-bond acceptors (Lipinski definition) is 5. The van der Waals surface area contributed by atoms with Gasteiger partial charge in [0.05, 0.1) is 12.1 Å². The van der Waals surface area contributed by atoms with Crippen LogP contribution >= 0.6 is 11.8 Å². The van der Waals surface area contributed by atoms with Gasteiger partial charge in [0.15, 0.2) is 0 Å². The van der Waals surface area contributed by atoms with E-state index >= 15 is 0 Å². The van der Waals surface area contributed by atoms with Gasteiger partial charge in [-0.1, -0.05) is 0 Å². The summed E-state index contributed by atoms with van der Waals surface area (Å²) in [5, 5.41) is 0. The van der Waals surface area contributed by atoms with E-state index in [1.54, 1.807) is 6.07 Å². The van der Waals surface area contributed by atoms with E-state index in [-0.39, 0.29) is 10.7 Å². The first kappa shape index (κ1) is 13.5. The van der Waals surface area contributed by atoms with Crippen LogP contribution in [0.25, 0.3) is 0 Å². The molecule has 0 aromatic carbocycles. The number of rotatable bonds is 3. The molecule has 0 radical (unpaired) electrons. The lowest BCUT2D eigenvalue weighted by atomic mass is 10.2. The van der Waals surface area contributed by atoms with Crippen LogP contribution in [0.15, 0.2) is 16.7 Å². The Bertz CT molecular complexity index is 431. The first-order valence-electron chi connectivity index (χ1n) is 5.95. The Morgan fingerprint density at radius 1 is 1.67 bits per heavy atom. The van der Waals surface area contributed by atoms with E-state index in [2.05, 4.69) is 24.2 Å². The number of carbonyl (C=O) groups excluding carboxylic acids is 1. The number of nitrogens with one attached hydrogen (secondary N) is 1. The van der Waals surface area contributed by atoms with Crippen LogP contribution in [0.5, 0.6) is 0 Å². The van der Waals surface area contributed by atoms with Gasteiger partial charge in [0.2, 0.25) is 0 Å². The maximum absolute atomic E-state index is 11.3. The van der Waals surface area contributed by atoms with Crippen LogP contribution in [-0.4, -0.2) is 34.4 Å². The van der Waals surface area contributed by atoms with Gasteiger partial charge in [-0.2, -0.15) is 11.8 Å². The number of hydrazine groups is 1. The van der Waals surface area contributed by atoms with E-state index in [4.69, 9.17) is 10.3 Å². The Balaban J connectivity index is 1.97. The standard InChI is InChI=1S/C12H19N3O2S/c1-12(2)8-15(3-4-18-12)6-10-5-9(7-17-10)11(16)14-13/h5,7H,3-4,6,8,13H2,1-2H3,(H,14,16). The van der Waals surface area contributed by atoms with Gasteiger partial charge in [-0.05, 0) is 19.9 Å². The first-order chi connectivity index (χ1) is 8.50. The van der Waals surface area contributed by atoms with Crippen molar-refractivity contribution >= 4 is 17.7 Å². The van der Waals surface area contributed by atoms with E-state index < -0.39 is 0 Å². The zero-order valence-electron chi connectivity index (χ0n) is 10.7. The summed E-state index contributed by atoms with van der Waals surface area (Å²) in [5.74, 6) is 6.69. The third-order valence-corrected chi connectivity index (χ3v) is 4.23.